The number of fused-ring (bicyclic) bond motifs is 3. The van der Waals surface area contributed by atoms with Crippen molar-refractivity contribution in [1.82, 2.24) is 20.4 Å². The van der Waals surface area contributed by atoms with Gasteiger partial charge in [0.15, 0.2) is 5.76 Å². The number of rotatable bonds is 9. The van der Waals surface area contributed by atoms with Gasteiger partial charge in [-0.25, -0.2) is 0 Å². The highest BCUT2D eigenvalue weighted by Crippen LogP contribution is 2.55. The van der Waals surface area contributed by atoms with Crippen LogP contribution in [-0.2, 0) is 16.1 Å². The van der Waals surface area contributed by atoms with E-state index in [0.717, 1.165) is 74.2 Å². The predicted molar refractivity (Wildman–Crippen MR) is 232 cm³/mol. The lowest BCUT2D eigenvalue weighted by atomic mass is 9.49. The molecule has 4 aromatic rings. The molecule has 1 unspecified atom stereocenters. The largest absolute Gasteiger partial charge is 0.489 e. The Morgan fingerprint density at radius 3 is 2.39 bits per heavy atom. The van der Waals surface area contributed by atoms with Crippen LogP contribution < -0.4 is 20.3 Å². The number of nitrogens with one attached hydrogen (secondary N) is 2. The summed E-state index contributed by atoms with van der Waals surface area (Å²) in [5, 5.41) is 16.1. The van der Waals surface area contributed by atoms with Crippen molar-refractivity contribution in [3.05, 3.63) is 99.8 Å². The summed E-state index contributed by atoms with van der Waals surface area (Å²) in [6.45, 7) is 13.6. The molecular weight excluding hydrogens is 792 g/mol. The van der Waals surface area contributed by atoms with E-state index in [0.29, 0.717) is 52.1 Å². The summed E-state index contributed by atoms with van der Waals surface area (Å²) >= 11 is 6.26. The van der Waals surface area contributed by atoms with Crippen LogP contribution in [-0.4, -0.2) is 84.3 Å². The zero-order chi connectivity index (χ0) is 42.8. The number of ether oxygens (including phenoxy) is 1. The van der Waals surface area contributed by atoms with Gasteiger partial charge in [-0.3, -0.25) is 29.4 Å². The summed E-state index contributed by atoms with van der Waals surface area (Å²) in [6, 6.07) is 20.5. The minimum absolute atomic E-state index is 0.101. The van der Waals surface area contributed by atoms with E-state index in [1.54, 1.807) is 18.2 Å². The molecule has 1 aliphatic carbocycles. The lowest BCUT2D eigenvalue weighted by molar-refractivity contribution is -0.164. The van der Waals surface area contributed by atoms with Crippen molar-refractivity contribution in [2.75, 3.05) is 37.6 Å². The first kappa shape index (κ1) is 40.7. The van der Waals surface area contributed by atoms with Gasteiger partial charge in [0.2, 0.25) is 11.8 Å². The molecular formula is C48H51ClN6O6. The van der Waals surface area contributed by atoms with Crippen molar-refractivity contribution in [3.8, 4) is 11.8 Å². The van der Waals surface area contributed by atoms with E-state index < -0.39 is 11.9 Å². The van der Waals surface area contributed by atoms with Gasteiger partial charge in [0.05, 0.1) is 17.1 Å². The first-order chi connectivity index (χ1) is 29.2. The van der Waals surface area contributed by atoms with Crippen LogP contribution in [0.1, 0.15) is 97.4 Å². The number of halogens is 1. The molecule has 2 saturated heterocycles. The summed E-state index contributed by atoms with van der Waals surface area (Å²) in [5.41, 5.74) is 5.35. The van der Waals surface area contributed by atoms with Crippen molar-refractivity contribution < 1.29 is 28.3 Å². The molecule has 5 aliphatic rings. The number of hydrogen-bond donors (Lipinski definition) is 2. The molecule has 0 radical (unpaired) electrons. The minimum Gasteiger partial charge on any atom is -0.489 e. The number of benzene rings is 3. The Kier molecular flexibility index (Phi) is 10.5. The SMILES string of the molecule is CC1(C)C(NC(=O)c2ccc(N3CCC(CN4CC=C(c5ccc6c7c(oc6c5)C(=O)N(C5CCC(=O)NC5=O)C7)CC4)CC3)cc2)C(C)(C)C1Oc1ccc(C#N)c(Cl)c1. The maximum Gasteiger partial charge on any atom is 0.290 e. The topological polar surface area (TPSA) is 148 Å². The number of nitriles is 1. The summed E-state index contributed by atoms with van der Waals surface area (Å²) < 4.78 is 12.5. The van der Waals surface area contributed by atoms with Crippen LogP contribution in [0.4, 0.5) is 5.69 Å². The summed E-state index contributed by atoms with van der Waals surface area (Å²) in [6.07, 6.45) is 5.84. The van der Waals surface area contributed by atoms with Crippen LogP contribution in [0.3, 0.4) is 0 Å². The molecule has 4 amide bonds. The highest BCUT2D eigenvalue weighted by molar-refractivity contribution is 6.31. The lowest BCUT2D eigenvalue weighted by Gasteiger charge is -2.63. The van der Waals surface area contributed by atoms with Crippen molar-refractivity contribution in [2.24, 2.45) is 16.7 Å². The molecule has 1 aromatic heterocycles. The van der Waals surface area contributed by atoms with Crippen LogP contribution in [0, 0.1) is 28.1 Å². The van der Waals surface area contributed by atoms with E-state index in [-0.39, 0.29) is 47.1 Å². The molecule has 1 atom stereocenters. The quantitative estimate of drug-likeness (QED) is 0.165. The lowest BCUT2D eigenvalue weighted by Crippen LogP contribution is -2.74. The number of anilines is 1. The molecule has 0 bridgehead atoms. The highest BCUT2D eigenvalue weighted by Gasteiger charge is 2.64. The van der Waals surface area contributed by atoms with Crippen molar-refractivity contribution in [3.63, 3.8) is 0 Å². The van der Waals surface area contributed by atoms with Crippen LogP contribution in [0.15, 0.2) is 71.2 Å². The second-order valence-corrected chi connectivity index (χ2v) is 18.9. The maximum atomic E-state index is 13.5. The highest BCUT2D eigenvalue weighted by atomic mass is 35.5. The Morgan fingerprint density at radius 2 is 1.72 bits per heavy atom. The Labute approximate surface area is 360 Å². The van der Waals surface area contributed by atoms with Gasteiger partial charge >= 0.3 is 0 Å². The number of amides is 4. The van der Waals surface area contributed by atoms with Gasteiger partial charge < -0.3 is 24.3 Å². The fourth-order valence-corrected chi connectivity index (χ4v) is 11.0. The van der Waals surface area contributed by atoms with Crippen LogP contribution >= 0.6 is 11.6 Å². The Bertz CT molecular complexity index is 2500. The number of nitrogens with zero attached hydrogens (tertiary/aromatic N) is 4. The molecule has 1 saturated carbocycles. The van der Waals surface area contributed by atoms with E-state index >= 15 is 0 Å². The van der Waals surface area contributed by atoms with Crippen LogP contribution in [0.5, 0.6) is 5.75 Å². The predicted octanol–water partition coefficient (Wildman–Crippen LogP) is 7.34. The average Bonchev–Trinajstić information content (AvgIpc) is 3.77. The molecule has 3 aromatic carbocycles. The first-order valence-corrected chi connectivity index (χ1v) is 21.7. The molecule has 12 nitrogen and oxygen atoms in total. The van der Waals surface area contributed by atoms with Gasteiger partial charge in [0.25, 0.3) is 11.8 Å². The molecule has 9 rings (SSSR count). The standard InChI is InChI=1S/C48H51ClN6O6/c1-47(2)45(48(3,4)46(47)60-34-11-7-32(25-50)37(49)24-34)52-42(57)30-5-9-33(10-6-30)54-21-15-28(16-22-54)26-53-19-17-29(18-20-53)31-8-12-35-36-27-55(38-13-14-40(56)51-43(38)58)44(59)41(36)61-39(35)23-31/h5-12,17,23-24,28,38,45-46H,13-16,18-22,26-27H2,1-4H3,(H,52,57)(H,51,56,58). The van der Waals surface area contributed by atoms with Crippen molar-refractivity contribution in [1.29, 1.82) is 5.26 Å². The van der Waals surface area contributed by atoms with Gasteiger partial charge in [-0.15, -0.1) is 0 Å². The summed E-state index contributed by atoms with van der Waals surface area (Å²) in [7, 11) is 0. The Hall–Kier alpha value is -5.64. The number of furan rings is 1. The van der Waals surface area contributed by atoms with Crippen molar-refractivity contribution in [2.45, 2.75) is 84.5 Å². The molecule has 4 aliphatic heterocycles. The van der Waals surface area contributed by atoms with Gasteiger partial charge in [0, 0.05) is 84.3 Å². The molecule has 0 spiro atoms. The fourth-order valence-electron chi connectivity index (χ4n) is 10.8. The molecule has 2 N–H and O–H groups in total. The van der Waals surface area contributed by atoms with Gasteiger partial charge in [-0.1, -0.05) is 57.5 Å². The monoisotopic (exact) mass is 842 g/mol. The Balaban J connectivity index is 0.743. The normalized spacial score (nSPS) is 23.8. The van der Waals surface area contributed by atoms with Crippen LogP contribution in [0.25, 0.3) is 16.5 Å². The zero-order valence-electron chi connectivity index (χ0n) is 35.1. The number of piperidine rings is 2. The fraction of sp³-hybridized carbons (Fsp3) is 0.438. The van der Waals surface area contributed by atoms with Gasteiger partial charge in [-0.05, 0) is 85.2 Å². The average molecular weight is 843 g/mol. The number of carbonyl (C=O) groups is 4. The smallest absolute Gasteiger partial charge is 0.290 e. The number of imide groups is 1. The second kappa shape index (κ2) is 15.7. The zero-order valence-corrected chi connectivity index (χ0v) is 35.8. The van der Waals surface area contributed by atoms with E-state index in [4.69, 9.17) is 20.8 Å². The third-order valence-corrected chi connectivity index (χ3v) is 14.2. The molecule has 3 fully saturated rings. The van der Waals surface area contributed by atoms with Crippen LogP contribution in [0.2, 0.25) is 5.02 Å². The second-order valence-electron chi connectivity index (χ2n) is 18.5. The molecule has 13 heteroatoms. The van der Waals surface area contributed by atoms with E-state index in [2.05, 4.69) is 78.5 Å². The summed E-state index contributed by atoms with van der Waals surface area (Å²) in [5.74, 6) is 0.386. The first-order valence-electron chi connectivity index (χ1n) is 21.4. The summed E-state index contributed by atoms with van der Waals surface area (Å²) in [4.78, 5) is 57.3. The van der Waals surface area contributed by atoms with Gasteiger partial charge in [0.1, 0.15) is 29.5 Å². The third-order valence-electron chi connectivity index (χ3n) is 13.9. The third kappa shape index (κ3) is 7.46. The van der Waals surface area contributed by atoms with E-state index in [1.165, 1.54) is 10.5 Å². The maximum absolute atomic E-state index is 13.5. The minimum atomic E-state index is -0.662. The Morgan fingerprint density at radius 1 is 0.967 bits per heavy atom. The van der Waals surface area contributed by atoms with E-state index in [9.17, 15) is 24.4 Å². The van der Waals surface area contributed by atoms with Gasteiger partial charge in [-0.2, -0.15) is 5.26 Å². The molecule has 5 heterocycles. The van der Waals surface area contributed by atoms with Crippen molar-refractivity contribution >= 4 is 57.5 Å². The molecule has 61 heavy (non-hydrogen) atoms. The molecule has 316 valence electrons. The number of hydrogen-bond acceptors (Lipinski definition) is 9. The van der Waals surface area contributed by atoms with E-state index in [1.807, 2.05) is 24.3 Å². The number of carbonyl (C=O) groups excluding carboxylic acids is 4.